The number of nitrogens with one attached hydrogen (secondary N) is 4. The van der Waals surface area contributed by atoms with Crippen LogP contribution in [0.15, 0.2) is 42.5 Å². The van der Waals surface area contributed by atoms with E-state index in [4.69, 9.17) is 9.18 Å². The molecule has 6 unspecified atom stereocenters. The molecule has 6 atom stereocenters. The van der Waals surface area contributed by atoms with Gasteiger partial charge in [-0.25, -0.2) is 9.59 Å². The smallest absolute Gasteiger partial charge is 0.370 e. The third-order valence-electron chi connectivity index (χ3n) is 6.29. The number of amides is 3. The number of benzene rings is 2. The van der Waals surface area contributed by atoms with Crippen molar-refractivity contribution < 1.29 is 37.7 Å². The molecule has 0 saturated heterocycles. The van der Waals surface area contributed by atoms with Crippen LogP contribution in [0.1, 0.15) is 37.7 Å². The Bertz CT molecular complexity index is 1230. The Kier molecular flexibility index (Phi) is 16.3. The largest absolute Gasteiger partial charge is 0.538 e. The molecule has 3 amide bonds. The molecule has 0 saturated carbocycles. The van der Waals surface area contributed by atoms with Crippen molar-refractivity contribution in [2.45, 2.75) is 63.5 Å². The normalized spacial score (nSPS) is 12.8. The summed E-state index contributed by atoms with van der Waals surface area (Å²) in [5.74, 6) is -2.23. The average molecular weight is 637 g/mol. The first kappa shape index (κ1) is 35.4. The molecule has 2 aromatic carbocycles. The lowest BCUT2D eigenvalue weighted by Crippen LogP contribution is -2.51. The molecule has 227 valence electrons. The fraction of sp³-hybridized carbons (Fsp3) is 0.423. The Balaban J connectivity index is 1.83. The van der Waals surface area contributed by atoms with Gasteiger partial charge in [0.15, 0.2) is 0 Å². The highest BCUT2D eigenvalue weighted by Gasteiger charge is 2.26. The van der Waals surface area contributed by atoms with Crippen LogP contribution in [0.5, 0.6) is 0 Å². The first-order valence-corrected chi connectivity index (χ1v) is 14.8. The van der Waals surface area contributed by atoms with Crippen molar-refractivity contribution in [3.8, 4) is 0 Å². The van der Waals surface area contributed by atoms with Crippen LogP contribution in [0, 0.1) is 0 Å². The zero-order valence-electron chi connectivity index (χ0n) is 23.3. The predicted octanol–water partition coefficient (Wildman–Crippen LogP) is 2.11. The number of carbonyl (C=O) groups is 5. The lowest BCUT2D eigenvalue weighted by Gasteiger charge is -2.21. The average Bonchev–Trinajstić information content (AvgIpc) is 3.00. The Hall–Kier alpha value is -2.84. The molecule has 0 spiro atoms. The van der Waals surface area contributed by atoms with Crippen molar-refractivity contribution in [2.75, 3.05) is 6.54 Å². The third kappa shape index (κ3) is 12.2. The molecule has 12 nitrogen and oxygen atoms in total. The molecule has 0 aromatic heterocycles. The van der Waals surface area contributed by atoms with Crippen molar-refractivity contribution in [3.63, 3.8) is 0 Å². The van der Waals surface area contributed by atoms with Gasteiger partial charge in [-0.3, -0.25) is 19.5 Å². The fourth-order valence-corrected chi connectivity index (χ4v) is 4.65. The van der Waals surface area contributed by atoms with Gasteiger partial charge in [-0.2, -0.15) is 0 Å². The number of fused-ring (bicyclic) bond motifs is 1. The summed E-state index contributed by atoms with van der Waals surface area (Å²) < 4.78 is 14.0. The number of hydrogen-bond donors (Lipinski definition) is 4. The maximum atomic E-state index is 12.8. The van der Waals surface area contributed by atoms with Crippen molar-refractivity contribution >= 4 is 76.4 Å². The monoisotopic (exact) mass is 637 g/mol. The van der Waals surface area contributed by atoms with Crippen LogP contribution in [-0.2, 0) is 39.3 Å². The first-order valence-electron chi connectivity index (χ1n) is 13.3. The Morgan fingerprint density at radius 1 is 0.857 bits per heavy atom. The highest BCUT2D eigenvalue weighted by Crippen LogP contribution is 2.17. The van der Waals surface area contributed by atoms with Gasteiger partial charge in [0.25, 0.3) is 0 Å². The van der Waals surface area contributed by atoms with E-state index in [1.54, 1.807) is 0 Å². The van der Waals surface area contributed by atoms with E-state index < -0.39 is 42.1 Å². The molecule has 0 aliphatic heterocycles. The van der Waals surface area contributed by atoms with Crippen molar-refractivity contribution in [1.82, 2.24) is 21.0 Å². The number of hydrogen-bond acceptors (Lipinski definition) is 9. The fourth-order valence-electron chi connectivity index (χ4n) is 4.09. The summed E-state index contributed by atoms with van der Waals surface area (Å²) in [6.45, 7) is 1.85. The second kappa shape index (κ2) is 19.4. The molecular formula is C26H37BN4O8P3. The van der Waals surface area contributed by atoms with E-state index >= 15 is 0 Å². The number of rotatable bonds is 17. The molecule has 42 heavy (non-hydrogen) atoms. The van der Waals surface area contributed by atoms with Gasteiger partial charge >= 0.3 is 31.4 Å². The van der Waals surface area contributed by atoms with Crippen LogP contribution >= 0.6 is 28.3 Å². The SMILES string of the molecule is C[B]OC(=O)C(CCC(=O)OP)NC(=O)NC(CCCCNC(=O)C(Cc1ccc2ccccc2c1)NP)C(=O)OP. The van der Waals surface area contributed by atoms with E-state index in [9.17, 15) is 24.0 Å². The van der Waals surface area contributed by atoms with E-state index in [2.05, 4.69) is 41.0 Å². The van der Waals surface area contributed by atoms with Crippen molar-refractivity contribution in [1.29, 1.82) is 0 Å². The van der Waals surface area contributed by atoms with E-state index in [0.29, 0.717) is 25.8 Å². The second-order valence-corrected chi connectivity index (χ2v) is 10.1. The Morgan fingerprint density at radius 3 is 2.19 bits per heavy atom. The van der Waals surface area contributed by atoms with Gasteiger partial charge in [0, 0.05) is 13.0 Å². The lowest BCUT2D eigenvalue weighted by molar-refractivity contribution is -0.137. The van der Waals surface area contributed by atoms with Crippen LogP contribution < -0.4 is 21.0 Å². The second-order valence-electron chi connectivity index (χ2n) is 9.25. The van der Waals surface area contributed by atoms with Crippen LogP contribution in [0.2, 0.25) is 6.82 Å². The molecule has 1 radical (unpaired) electrons. The molecule has 16 heteroatoms. The van der Waals surface area contributed by atoms with E-state index in [-0.39, 0.29) is 25.2 Å². The topological polar surface area (TPSA) is 161 Å². The predicted molar refractivity (Wildman–Crippen MR) is 169 cm³/mol. The van der Waals surface area contributed by atoms with Gasteiger partial charge in [0.1, 0.15) is 12.1 Å². The Morgan fingerprint density at radius 2 is 1.55 bits per heavy atom. The summed E-state index contributed by atoms with van der Waals surface area (Å²) in [5, 5.41) is 13.0. The summed E-state index contributed by atoms with van der Waals surface area (Å²) in [5.41, 5.74) is 1.03. The molecular weight excluding hydrogens is 600 g/mol. The van der Waals surface area contributed by atoms with Gasteiger partial charge in [-0.15, -0.1) is 0 Å². The van der Waals surface area contributed by atoms with Crippen molar-refractivity contribution in [2.24, 2.45) is 0 Å². The molecule has 0 fully saturated rings. The van der Waals surface area contributed by atoms with E-state index in [1.165, 1.54) is 6.82 Å². The summed E-state index contributed by atoms with van der Waals surface area (Å²) in [6.07, 6.45) is 1.52. The number of urea groups is 1. The first-order chi connectivity index (χ1) is 20.2. The minimum atomic E-state index is -1.15. The van der Waals surface area contributed by atoms with Gasteiger partial charge in [-0.05, 0) is 48.4 Å². The van der Waals surface area contributed by atoms with Crippen LogP contribution in [-0.4, -0.2) is 62.0 Å². The van der Waals surface area contributed by atoms with Crippen molar-refractivity contribution in [3.05, 3.63) is 48.0 Å². The summed E-state index contributed by atoms with van der Waals surface area (Å²) >= 11 is 0. The molecule has 0 aliphatic carbocycles. The van der Waals surface area contributed by atoms with Gasteiger partial charge < -0.3 is 29.7 Å². The summed E-state index contributed by atoms with van der Waals surface area (Å²) in [4.78, 5) is 61.2. The molecule has 4 N–H and O–H groups in total. The lowest BCUT2D eigenvalue weighted by atomic mass is 10.0. The maximum absolute atomic E-state index is 12.8. The number of unbranched alkanes of at least 4 members (excludes halogenated alkanes) is 1. The minimum Gasteiger partial charge on any atom is -0.538 e. The van der Waals surface area contributed by atoms with E-state index in [0.717, 1.165) is 23.8 Å². The zero-order valence-corrected chi connectivity index (χ0v) is 26.8. The minimum absolute atomic E-state index is 0.0707. The van der Waals surface area contributed by atoms with Crippen LogP contribution in [0.25, 0.3) is 10.8 Å². The molecule has 0 bridgehead atoms. The standard InChI is InChI=1S/C26H37BN4O8P3/c1-27-37-24(34)20(11-12-22(32)38-41)30-26(36)29-19(25(35)39-42)8-4-5-13-28-23(33)21(31-40)15-16-9-10-17-6-2-3-7-18(17)14-16/h2-3,6-7,9-10,14,19-21,31H,4-5,8,11-13,15,40-42H2,1H3,(H,28,33)(H2,29,30,36). The van der Waals surface area contributed by atoms with Crippen LogP contribution in [0.4, 0.5) is 4.79 Å². The summed E-state index contributed by atoms with van der Waals surface area (Å²) in [7, 11) is 7.19. The zero-order chi connectivity index (χ0) is 30.9. The van der Waals surface area contributed by atoms with Gasteiger partial charge in [0.2, 0.25) is 5.91 Å². The third-order valence-corrected chi connectivity index (χ3v) is 7.19. The van der Waals surface area contributed by atoms with Crippen LogP contribution in [0.3, 0.4) is 0 Å². The quantitative estimate of drug-likeness (QED) is 0.116. The highest BCUT2D eigenvalue weighted by molar-refractivity contribution is 7.13. The highest BCUT2D eigenvalue weighted by atomic mass is 31.0. The van der Waals surface area contributed by atoms with Gasteiger partial charge in [0.05, 0.1) is 25.0 Å². The molecule has 0 aliphatic rings. The molecule has 0 heterocycles. The molecule has 2 aromatic rings. The van der Waals surface area contributed by atoms with Gasteiger partial charge in [-0.1, -0.05) is 58.7 Å². The molecule has 2 rings (SSSR count). The summed E-state index contributed by atoms with van der Waals surface area (Å²) in [6, 6.07) is 10.7. The maximum Gasteiger partial charge on any atom is 0.370 e. The Labute approximate surface area is 253 Å². The van der Waals surface area contributed by atoms with E-state index in [1.807, 2.05) is 55.3 Å². The number of carbonyl (C=O) groups excluding carboxylic acids is 5.